The molecule has 0 saturated carbocycles. The predicted molar refractivity (Wildman–Crippen MR) is 68.0 cm³/mol. The first-order chi connectivity index (χ1) is 7.65. The molecule has 1 rings (SSSR count). The molecule has 1 heterocycles. The van der Waals surface area contributed by atoms with Gasteiger partial charge in [-0.3, -0.25) is 4.79 Å². The van der Waals surface area contributed by atoms with Crippen LogP contribution in [-0.2, 0) is 0 Å². The normalized spacial score (nSPS) is 12.4. The maximum absolute atomic E-state index is 11.7. The molecule has 1 aromatic heterocycles. The molecule has 1 amide bonds. The fourth-order valence-electron chi connectivity index (χ4n) is 1.45. The van der Waals surface area contributed by atoms with Crippen molar-refractivity contribution < 1.29 is 9.21 Å². The highest BCUT2D eigenvalue weighted by atomic mass is 79.9. The van der Waals surface area contributed by atoms with Crippen LogP contribution in [0.5, 0.6) is 0 Å². The van der Waals surface area contributed by atoms with Crippen molar-refractivity contribution in [3.63, 3.8) is 0 Å². The van der Waals surface area contributed by atoms with E-state index < -0.39 is 0 Å². The SMILES string of the molecule is Cc1occc1C(=O)NCCCC(C)CBr. The summed E-state index contributed by atoms with van der Waals surface area (Å²) in [6.45, 7) is 4.71. The van der Waals surface area contributed by atoms with Crippen LogP contribution in [0.15, 0.2) is 16.7 Å². The zero-order valence-corrected chi connectivity index (χ0v) is 11.3. The first kappa shape index (κ1) is 13.3. The van der Waals surface area contributed by atoms with E-state index in [1.165, 1.54) is 6.26 Å². The Bertz CT molecular complexity index is 336. The van der Waals surface area contributed by atoms with Gasteiger partial charge in [0.15, 0.2) is 0 Å². The van der Waals surface area contributed by atoms with Gasteiger partial charge in [-0.2, -0.15) is 0 Å². The van der Waals surface area contributed by atoms with E-state index >= 15 is 0 Å². The van der Waals surface area contributed by atoms with Gasteiger partial charge in [0.2, 0.25) is 0 Å². The van der Waals surface area contributed by atoms with Gasteiger partial charge in [0.1, 0.15) is 5.76 Å². The fraction of sp³-hybridized carbons (Fsp3) is 0.583. The number of furan rings is 1. The molecule has 0 aliphatic heterocycles. The van der Waals surface area contributed by atoms with Gasteiger partial charge in [0.05, 0.1) is 11.8 Å². The zero-order valence-electron chi connectivity index (χ0n) is 9.75. The minimum atomic E-state index is -0.0438. The number of hydrogen-bond acceptors (Lipinski definition) is 2. The second-order valence-corrected chi connectivity index (χ2v) is 4.70. The minimum Gasteiger partial charge on any atom is -0.469 e. The van der Waals surface area contributed by atoms with Crippen LogP contribution < -0.4 is 5.32 Å². The molecule has 0 spiro atoms. The molecule has 16 heavy (non-hydrogen) atoms. The fourth-order valence-corrected chi connectivity index (χ4v) is 1.77. The molecule has 1 N–H and O–H groups in total. The first-order valence-corrected chi connectivity index (χ1v) is 6.65. The van der Waals surface area contributed by atoms with Gasteiger partial charge < -0.3 is 9.73 Å². The van der Waals surface area contributed by atoms with Crippen LogP contribution in [0.2, 0.25) is 0 Å². The zero-order chi connectivity index (χ0) is 12.0. The van der Waals surface area contributed by atoms with Crippen LogP contribution in [0.4, 0.5) is 0 Å². The van der Waals surface area contributed by atoms with E-state index in [1.807, 2.05) is 0 Å². The second kappa shape index (κ2) is 6.74. The molecule has 0 saturated heterocycles. The monoisotopic (exact) mass is 287 g/mol. The number of alkyl halides is 1. The summed E-state index contributed by atoms with van der Waals surface area (Å²) in [5.74, 6) is 1.29. The Morgan fingerprint density at radius 1 is 1.62 bits per heavy atom. The number of carbonyl (C=O) groups is 1. The second-order valence-electron chi connectivity index (χ2n) is 4.05. The summed E-state index contributed by atoms with van der Waals surface area (Å²) < 4.78 is 5.08. The third-order valence-corrected chi connectivity index (χ3v) is 3.63. The van der Waals surface area contributed by atoms with Gasteiger partial charge in [0, 0.05) is 11.9 Å². The van der Waals surface area contributed by atoms with Crippen molar-refractivity contribution in [3.05, 3.63) is 23.7 Å². The van der Waals surface area contributed by atoms with Gasteiger partial charge in [0.25, 0.3) is 5.91 Å². The molecule has 1 aromatic rings. The summed E-state index contributed by atoms with van der Waals surface area (Å²) in [6, 6.07) is 1.70. The van der Waals surface area contributed by atoms with E-state index in [2.05, 4.69) is 28.2 Å². The lowest BCUT2D eigenvalue weighted by atomic mass is 10.1. The van der Waals surface area contributed by atoms with Gasteiger partial charge in [-0.05, 0) is 31.7 Å². The largest absolute Gasteiger partial charge is 0.469 e. The van der Waals surface area contributed by atoms with Crippen molar-refractivity contribution >= 4 is 21.8 Å². The smallest absolute Gasteiger partial charge is 0.254 e. The van der Waals surface area contributed by atoms with Crippen molar-refractivity contribution in [2.24, 2.45) is 5.92 Å². The van der Waals surface area contributed by atoms with Crippen LogP contribution in [0.1, 0.15) is 35.9 Å². The molecule has 3 nitrogen and oxygen atoms in total. The highest BCUT2D eigenvalue weighted by Gasteiger charge is 2.10. The molecule has 0 aromatic carbocycles. The van der Waals surface area contributed by atoms with Crippen LogP contribution in [-0.4, -0.2) is 17.8 Å². The van der Waals surface area contributed by atoms with Gasteiger partial charge in [-0.25, -0.2) is 0 Å². The number of hydrogen-bond donors (Lipinski definition) is 1. The van der Waals surface area contributed by atoms with Gasteiger partial charge >= 0.3 is 0 Å². The van der Waals surface area contributed by atoms with E-state index in [1.54, 1.807) is 13.0 Å². The maximum Gasteiger partial charge on any atom is 0.254 e. The summed E-state index contributed by atoms with van der Waals surface area (Å²) in [7, 11) is 0. The average Bonchev–Trinajstić information content (AvgIpc) is 2.70. The molecule has 4 heteroatoms. The number of amides is 1. The average molecular weight is 288 g/mol. The lowest BCUT2D eigenvalue weighted by molar-refractivity contribution is 0.0951. The van der Waals surface area contributed by atoms with Crippen molar-refractivity contribution in [1.82, 2.24) is 5.32 Å². The molecule has 0 bridgehead atoms. The molecule has 90 valence electrons. The Balaban J connectivity index is 2.24. The third-order valence-electron chi connectivity index (χ3n) is 2.53. The Morgan fingerprint density at radius 3 is 2.94 bits per heavy atom. The molecule has 1 atom stereocenters. The highest BCUT2D eigenvalue weighted by molar-refractivity contribution is 9.09. The van der Waals surface area contributed by atoms with Gasteiger partial charge in [-0.1, -0.05) is 22.9 Å². The number of halogens is 1. The minimum absolute atomic E-state index is 0.0438. The quantitative estimate of drug-likeness (QED) is 0.645. The van der Waals surface area contributed by atoms with E-state index in [-0.39, 0.29) is 5.91 Å². The maximum atomic E-state index is 11.7. The Morgan fingerprint density at radius 2 is 2.38 bits per heavy atom. The van der Waals surface area contributed by atoms with E-state index in [0.29, 0.717) is 17.2 Å². The number of rotatable bonds is 6. The molecular formula is C12H18BrNO2. The Labute approximate surface area is 105 Å². The van der Waals surface area contributed by atoms with Crippen LogP contribution in [0.3, 0.4) is 0 Å². The number of nitrogens with one attached hydrogen (secondary N) is 1. The number of carbonyl (C=O) groups excluding carboxylic acids is 1. The van der Waals surface area contributed by atoms with Crippen LogP contribution in [0, 0.1) is 12.8 Å². The Kier molecular flexibility index (Phi) is 5.60. The lowest BCUT2D eigenvalue weighted by Gasteiger charge is -2.07. The molecular weight excluding hydrogens is 270 g/mol. The molecule has 0 aliphatic rings. The molecule has 0 radical (unpaired) electrons. The van der Waals surface area contributed by atoms with Crippen molar-refractivity contribution in [3.8, 4) is 0 Å². The summed E-state index contributed by atoms with van der Waals surface area (Å²) in [5, 5.41) is 3.91. The molecule has 0 aliphatic carbocycles. The van der Waals surface area contributed by atoms with E-state index in [4.69, 9.17) is 4.42 Å². The molecule has 0 fully saturated rings. The standard InChI is InChI=1S/C12H18BrNO2/c1-9(8-13)4-3-6-14-12(15)11-5-7-16-10(11)2/h5,7,9H,3-4,6,8H2,1-2H3,(H,14,15). The lowest BCUT2D eigenvalue weighted by Crippen LogP contribution is -2.24. The Hall–Kier alpha value is -0.770. The van der Waals surface area contributed by atoms with Crippen molar-refractivity contribution in [2.75, 3.05) is 11.9 Å². The first-order valence-electron chi connectivity index (χ1n) is 5.53. The molecule has 1 unspecified atom stereocenters. The van der Waals surface area contributed by atoms with Gasteiger partial charge in [-0.15, -0.1) is 0 Å². The topological polar surface area (TPSA) is 42.2 Å². The number of aryl methyl sites for hydroxylation is 1. The predicted octanol–water partition coefficient (Wildman–Crippen LogP) is 3.13. The highest BCUT2D eigenvalue weighted by Crippen LogP contribution is 2.09. The van der Waals surface area contributed by atoms with E-state index in [9.17, 15) is 4.79 Å². The summed E-state index contributed by atoms with van der Waals surface area (Å²) in [5.41, 5.74) is 0.633. The summed E-state index contributed by atoms with van der Waals surface area (Å²) >= 11 is 3.44. The van der Waals surface area contributed by atoms with Crippen LogP contribution >= 0.6 is 15.9 Å². The summed E-state index contributed by atoms with van der Waals surface area (Å²) in [6.07, 6.45) is 3.67. The van der Waals surface area contributed by atoms with Crippen molar-refractivity contribution in [2.45, 2.75) is 26.7 Å². The third kappa shape index (κ3) is 4.00. The van der Waals surface area contributed by atoms with E-state index in [0.717, 1.165) is 24.7 Å². The van der Waals surface area contributed by atoms with Crippen molar-refractivity contribution in [1.29, 1.82) is 0 Å². The summed E-state index contributed by atoms with van der Waals surface area (Å²) in [4.78, 5) is 11.7. The van der Waals surface area contributed by atoms with Crippen LogP contribution in [0.25, 0.3) is 0 Å².